The van der Waals surface area contributed by atoms with E-state index in [0.29, 0.717) is 5.75 Å². The predicted octanol–water partition coefficient (Wildman–Crippen LogP) is 3.47. The van der Waals surface area contributed by atoms with Crippen molar-refractivity contribution < 1.29 is 14.6 Å². The van der Waals surface area contributed by atoms with Crippen molar-refractivity contribution in [2.45, 2.75) is 18.9 Å². The van der Waals surface area contributed by atoms with Crippen molar-refractivity contribution in [2.75, 3.05) is 7.11 Å². The van der Waals surface area contributed by atoms with E-state index in [1.807, 2.05) is 24.3 Å². The first-order valence-electron chi connectivity index (χ1n) is 6.39. The Morgan fingerprint density at radius 2 is 2.00 bits per heavy atom. The fourth-order valence-electron chi connectivity index (χ4n) is 2.47. The van der Waals surface area contributed by atoms with Crippen LogP contribution in [0, 0.1) is 0 Å². The molecule has 98 valence electrons. The Hall–Kier alpha value is -2.16. The lowest BCUT2D eigenvalue weighted by atomic mass is 9.97. The smallest absolute Gasteiger partial charge is 0.130 e. The van der Waals surface area contributed by atoms with Crippen molar-refractivity contribution in [3.8, 4) is 17.2 Å². The quantitative estimate of drug-likeness (QED) is 0.894. The molecule has 0 aliphatic carbocycles. The minimum absolute atomic E-state index is 0.0419. The number of hydrogen-bond acceptors (Lipinski definition) is 3. The molecule has 1 aliphatic rings. The van der Waals surface area contributed by atoms with Gasteiger partial charge in [0.1, 0.15) is 23.4 Å². The molecule has 3 heteroatoms. The summed E-state index contributed by atoms with van der Waals surface area (Å²) in [5, 5.41) is 9.97. The molecule has 0 amide bonds. The molecule has 0 aromatic heterocycles. The Balaban J connectivity index is 1.93. The maximum Gasteiger partial charge on any atom is 0.130 e. The molecule has 1 aliphatic heterocycles. The van der Waals surface area contributed by atoms with Crippen LogP contribution < -0.4 is 9.47 Å². The molecule has 1 atom stereocenters. The summed E-state index contributed by atoms with van der Waals surface area (Å²) in [7, 11) is 1.58. The van der Waals surface area contributed by atoms with E-state index in [9.17, 15) is 5.11 Å². The number of aromatic hydroxyl groups is 1. The Labute approximate surface area is 112 Å². The van der Waals surface area contributed by atoms with Crippen LogP contribution in [0.4, 0.5) is 0 Å². The summed E-state index contributed by atoms with van der Waals surface area (Å²) in [5.41, 5.74) is 2.03. The lowest BCUT2D eigenvalue weighted by Gasteiger charge is -2.27. The highest BCUT2D eigenvalue weighted by Gasteiger charge is 2.24. The van der Waals surface area contributed by atoms with Gasteiger partial charge in [-0.15, -0.1) is 0 Å². The van der Waals surface area contributed by atoms with Gasteiger partial charge in [0.25, 0.3) is 0 Å². The van der Waals surface area contributed by atoms with Gasteiger partial charge in [0.05, 0.1) is 7.11 Å². The minimum atomic E-state index is 0.0419. The largest absolute Gasteiger partial charge is 0.507 e. The SMILES string of the molecule is COc1cc(O)c2c(c1)OC(c1ccccc1)CC2. The third-order valence-corrected chi connectivity index (χ3v) is 3.49. The molecule has 1 unspecified atom stereocenters. The van der Waals surface area contributed by atoms with Gasteiger partial charge in [-0.1, -0.05) is 30.3 Å². The molecule has 0 bridgehead atoms. The molecular weight excluding hydrogens is 240 g/mol. The van der Waals surface area contributed by atoms with Crippen molar-refractivity contribution in [1.29, 1.82) is 0 Å². The number of methoxy groups -OCH3 is 1. The van der Waals surface area contributed by atoms with Gasteiger partial charge in [-0.25, -0.2) is 0 Å². The van der Waals surface area contributed by atoms with Gasteiger partial charge in [0, 0.05) is 17.7 Å². The van der Waals surface area contributed by atoms with Crippen molar-refractivity contribution >= 4 is 0 Å². The highest BCUT2D eigenvalue weighted by molar-refractivity contribution is 5.51. The van der Waals surface area contributed by atoms with Gasteiger partial charge in [-0.2, -0.15) is 0 Å². The Morgan fingerprint density at radius 3 is 2.74 bits per heavy atom. The average molecular weight is 256 g/mol. The van der Waals surface area contributed by atoms with Crippen LogP contribution in [0.1, 0.15) is 23.7 Å². The van der Waals surface area contributed by atoms with E-state index in [1.54, 1.807) is 13.2 Å². The first-order valence-corrected chi connectivity index (χ1v) is 6.39. The van der Waals surface area contributed by atoms with Gasteiger partial charge in [-0.05, 0) is 18.4 Å². The first-order chi connectivity index (χ1) is 9.28. The summed E-state index contributed by atoms with van der Waals surface area (Å²) in [6.07, 6.45) is 1.72. The molecule has 19 heavy (non-hydrogen) atoms. The highest BCUT2D eigenvalue weighted by atomic mass is 16.5. The van der Waals surface area contributed by atoms with Crippen LogP contribution in [-0.4, -0.2) is 12.2 Å². The number of phenolic OH excluding ortho intramolecular Hbond substituents is 1. The molecule has 0 spiro atoms. The Morgan fingerprint density at radius 1 is 1.21 bits per heavy atom. The molecule has 1 N–H and O–H groups in total. The van der Waals surface area contributed by atoms with Gasteiger partial charge in [0.15, 0.2) is 0 Å². The van der Waals surface area contributed by atoms with Crippen LogP contribution in [0.2, 0.25) is 0 Å². The monoisotopic (exact) mass is 256 g/mol. The van der Waals surface area contributed by atoms with E-state index in [-0.39, 0.29) is 11.9 Å². The summed E-state index contributed by atoms with van der Waals surface area (Å²) < 4.78 is 11.2. The first kappa shape index (κ1) is 11.9. The predicted molar refractivity (Wildman–Crippen MR) is 72.8 cm³/mol. The van der Waals surface area contributed by atoms with Crippen LogP contribution in [-0.2, 0) is 6.42 Å². The Kier molecular flexibility index (Phi) is 3.03. The zero-order chi connectivity index (χ0) is 13.2. The van der Waals surface area contributed by atoms with Crippen molar-refractivity contribution in [1.82, 2.24) is 0 Å². The Bertz CT molecular complexity index is 578. The van der Waals surface area contributed by atoms with E-state index in [1.165, 1.54) is 0 Å². The minimum Gasteiger partial charge on any atom is -0.507 e. The topological polar surface area (TPSA) is 38.7 Å². The van der Waals surface area contributed by atoms with Crippen LogP contribution in [0.25, 0.3) is 0 Å². The van der Waals surface area contributed by atoms with Crippen molar-refractivity contribution in [3.05, 3.63) is 53.6 Å². The van der Waals surface area contributed by atoms with Gasteiger partial charge >= 0.3 is 0 Å². The van der Waals surface area contributed by atoms with Gasteiger partial charge in [0.2, 0.25) is 0 Å². The number of ether oxygens (including phenoxy) is 2. The van der Waals surface area contributed by atoms with Crippen LogP contribution >= 0.6 is 0 Å². The fraction of sp³-hybridized carbons (Fsp3) is 0.250. The van der Waals surface area contributed by atoms with E-state index >= 15 is 0 Å². The van der Waals surface area contributed by atoms with Gasteiger partial charge < -0.3 is 14.6 Å². The number of phenols is 1. The molecule has 0 radical (unpaired) electrons. The zero-order valence-electron chi connectivity index (χ0n) is 10.8. The summed E-state index contributed by atoms with van der Waals surface area (Å²) in [4.78, 5) is 0. The molecule has 1 heterocycles. The second-order valence-electron chi connectivity index (χ2n) is 4.68. The molecule has 3 rings (SSSR count). The normalized spacial score (nSPS) is 17.4. The molecule has 0 fully saturated rings. The van der Waals surface area contributed by atoms with Crippen LogP contribution in [0.15, 0.2) is 42.5 Å². The number of fused-ring (bicyclic) bond motifs is 1. The van der Waals surface area contributed by atoms with E-state index in [4.69, 9.17) is 9.47 Å². The molecule has 0 saturated carbocycles. The van der Waals surface area contributed by atoms with Crippen molar-refractivity contribution in [3.63, 3.8) is 0 Å². The number of hydrogen-bond donors (Lipinski definition) is 1. The third kappa shape index (κ3) is 2.24. The molecular formula is C16H16O3. The fourth-order valence-corrected chi connectivity index (χ4v) is 2.47. The standard InChI is InChI=1S/C16H16O3/c1-18-12-9-14(17)13-7-8-15(19-16(13)10-12)11-5-3-2-4-6-11/h2-6,9-10,15,17H,7-8H2,1H3. The molecule has 2 aromatic carbocycles. The van der Waals surface area contributed by atoms with E-state index in [0.717, 1.165) is 29.7 Å². The maximum absolute atomic E-state index is 9.97. The molecule has 2 aromatic rings. The van der Waals surface area contributed by atoms with Crippen molar-refractivity contribution in [2.24, 2.45) is 0 Å². The van der Waals surface area contributed by atoms with E-state index < -0.39 is 0 Å². The molecule has 3 nitrogen and oxygen atoms in total. The summed E-state index contributed by atoms with van der Waals surface area (Å²) in [6.45, 7) is 0. The van der Waals surface area contributed by atoms with E-state index in [2.05, 4.69) is 12.1 Å². The lowest BCUT2D eigenvalue weighted by molar-refractivity contribution is 0.174. The highest BCUT2D eigenvalue weighted by Crippen LogP contribution is 2.41. The number of benzene rings is 2. The zero-order valence-corrected chi connectivity index (χ0v) is 10.8. The molecule has 0 saturated heterocycles. The average Bonchev–Trinajstić information content (AvgIpc) is 2.47. The lowest BCUT2D eigenvalue weighted by Crippen LogP contribution is -2.15. The summed E-state index contributed by atoms with van der Waals surface area (Å²) in [5.74, 6) is 1.59. The van der Waals surface area contributed by atoms with Gasteiger partial charge in [-0.3, -0.25) is 0 Å². The summed E-state index contributed by atoms with van der Waals surface area (Å²) >= 11 is 0. The summed E-state index contributed by atoms with van der Waals surface area (Å²) in [6, 6.07) is 13.6. The maximum atomic E-state index is 9.97. The second kappa shape index (κ2) is 4.84. The number of rotatable bonds is 2. The third-order valence-electron chi connectivity index (χ3n) is 3.49. The van der Waals surface area contributed by atoms with Crippen LogP contribution in [0.3, 0.4) is 0 Å². The second-order valence-corrected chi connectivity index (χ2v) is 4.68. The van der Waals surface area contributed by atoms with Crippen LogP contribution in [0.5, 0.6) is 17.2 Å².